The average Bonchev–Trinajstić information content (AvgIpc) is 3.28. The summed E-state index contributed by atoms with van der Waals surface area (Å²) >= 11 is 12.7. The second-order valence-corrected chi connectivity index (χ2v) is 10.0. The smallest absolute Gasteiger partial charge is 0.286 e. The van der Waals surface area contributed by atoms with Crippen LogP contribution in [0.15, 0.2) is 77.7 Å². The molecule has 1 N–H and O–H groups in total. The summed E-state index contributed by atoms with van der Waals surface area (Å²) < 4.78 is 0.147. The first-order chi connectivity index (χ1) is 16.9. The number of aryl methyl sites for hydroxylation is 1. The highest BCUT2D eigenvalue weighted by Gasteiger charge is 2.42. The van der Waals surface area contributed by atoms with Gasteiger partial charge in [0.2, 0.25) is 0 Å². The van der Waals surface area contributed by atoms with Gasteiger partial charge in [-0.2, -0.15) is 5.01 Å². The van der Waals surface area contributed by atoms with Crippen molar-refractivity contribution >= 4 is 68.9 Å². The lowest BCUT2D eigenvalue weighted by atomic mass is 10.1. The maximum absolute atomic E-state index is 13.6. The van der Waals surface area contributed by atoms with E-state index in [0.717, 1.165) is 27.9 Å². The number of nitrogens with zero attached hydrogens (tertiary/aromatic N) is 2. The third-order valence-corrected chi connectivity index (χ3v) is 7.55. The van der Waals surface area contributed by atoms with Crippen molar-refractivity contribution in [2.75, 3.05) is 4.90 Å². The van der Waals surface area contributed by atoms with E-state index >= 15 is 0 Å². The molecule has 6 nitrogen and oxygen atoms in total. The highest BCUT2D eigenvalue weighted by Crippen LogP contribution is 2.44. The lowest BCUT2D eigenvalue weighted by molar-refractivity contribution is -0.124. The summed E-state index contributed by atoms with van der Waals surface area (Å²) in [5, 5.41) is 1.58. The van der Waals surface area contributed by atoms with Crippen LogP contribution in [0.1, 0.15) is 27.0 Å². The van der Waals surface area contributed by atoms with Gasteiger partial charge < -0.3 is 4.90 Å². The third-order valence-electron chi connectivity index (χ3n) is 5.81. The second kappa shape index (κ2) is 9.30. The lowest BCUT2D eigenvalue weighted by Gasteiger charge is -2.18. The molecule has 0 radical (unpaired) electrons. The number of thiocarbonyl (C=S) groups is 1. The number of fused-ring (bicyclic) bond motifs is 1. The summed E-state index contributed by atoms with van der Waals surface area (Å²) in [5.41, 5.74) is 6.16. The van der Waals surface area contributed by atoms with Gasteiger partial charge in [0.05, 0.1) is 22.7 Å². The maximum Gasteiger partial charge on any atom is 0.286 e. The van der Waals surface area contributed by atoms with E-state index in [-0.39, 0.29) is 27.3 Å². The number of carbonyl (C=O) groups excluding carboxylic acids is 3. The van der Waals surface area contributed by atoms with Crippen LogP contribution in [0.2, 0.25) is 5.02 Å². The van der Waals surface area contributed by atoms with Crippen molar-refractivity contribution in [3.05, 3.63) is 105 Å². The van der Waals surface area contributed by atoms with Crippen molar-refractivity contribution in [3.8, 4) is 0 Å². The van der Waals surface area contributed by atoms with Gasteiger partial charge in [-0.3, -0.25) is 19.8 Å². The molecule has 2 aliphatic rings. The number of carbonyl (C=O) groups is 3. The van der Waals surface area contributed by atoms with E-state index in [1.165, 1.54) is 0 Å². The first-order valence-corrected chi connectivity index (χ1v) is 12.3. The normalized spacial score (nSPS) is 17.3. The van der Waals surface area contributed by atoms with Crippen LogP contribution in [0.5, 0.6) is 0 Å². The Morgan fingerprint density at radius 2 is 1.66 bits per heavy atom. The van der Waals surface area contributed by atoms with E-state index in [0.29, 0.717) is 21.8 Å². The number of anilines is 1. The molecule has 0 saturated carbocycles. The molecule has 2 aliphatic heterocycles. The van der Waals surface area contributed by atoms with E-state index in [9.17, 15) is 14.4 Å². The number of amides is 3. The Kier molecular flexibility index (Phi) is 6.19. The van der Waals surface area contributed by atoms with Crippen molar-refractivity contribution in [3.63, 3.8) is 0 Å². The number of hydrogen-bond donors (Lipinski definition) is 1. The van der Waals surface area contributed by atoms with Gasteiger partial charge in [-0.05, 0) is 48.5 Å². The quantitative estimate of drug-likeness (QED) is 0.383. The number of halogens is 1. The van der Waals surface area contributed by atoms with Crippen molar-refractivity contribution in [1.29, 1.82) is 0 Å². The Bertz CT molecular complexity index is 1450. The Balaban J connectivity index is 1.49. The molecule has 35 heavy (non-hydrogen) atoms. The molecule has 3 amide bonds. The van der Waals surface area contributed by atoms with Crippen molar-refractivity contribution < 1.29 is 14.4 Å². The molecule has 174 valence electrons. The zero-order valence-corrected chi connectivity index (χ0v) is 20.8. The van der Waals surface area contributed by atoms with E-state index in [1.54, 1.807) is 29.2 Å². The van der Waals surface area contributed by atoms with Crippen LogP contribution in [0, 0.1) is 6.92 Å². The number of benzene rings is 3. The summed E-state index contributed by atoms with van der Waals surface area (Å²) in [6.07, 6.45) is 0. The highest BCUT2D eigenvalue weighted by molar-refractivity contribution is 8.26. The first kappa shape index (κ1) is 23.3. The Morgan fingerprint density at radius 3 is 2.43 bits per heavy atom. The van der Waals surface area contributed by atoms with Gasteiger partial charge in [0.15, 0.2) is 4.32 Å². The number of nitrogens with one attached hydrogen (secondary N) is 1. The molecule has 0 bridgehead atoms. The Hall–Kier alpha value is -3.46. The van der Waals surface area contributed by atoms with Crippen LogP contribution in [-0.4, -0.2) is 27.1 Å². The first-order valence-electron chi connectivity index (χ1n) is 10.7. The standard InChI is InChI=1S/C26H18ClN3O3S2/c1-15-8-2-4-10-17(15)23(31)28-30-25(33)22(35-26(30)34)21-18-11-5-7-13-20(18)29(24(21)32)14-16-9-3-6-12-19(16)27/h2-13H,14H2,1H3,(H,28,31)/b22-21+. The SMILES string of the molecule is Cc1ccccc1C(=O)NN1C(=O)/C(=C2\C(=O)N(Cc3ccccc3Cl)c3ccccc32)SC1=S. The number of para-hydroxylation sites is 1. The molecule has 5 rings (SSSR count). The maximum atomic E-state index is 13.6. The molecule has 0 aromatic heterocycles. The van der Waals surface area contributed by atoms with Crippen LogP contribution >= 0.6 is 35.6 Å². The molecule has 1 saturated heterocycles. The van der Waals surface area contributed by atoms with Crippen molar-refractivity contribution in [1.82, 2.24) is 10.4 Å². The monoisotopic (exact) mass is 519 g/mol. The molecule has 0 atom stereocenters. The molecule has 3 aromatic rings. The predicted octanol–water partition coefficient (Wildman–Crippen LogP) is 5.11. The Morgan fingerprint density at radius 1 is 0.971 bits per heavy atom. The van der Waals surface area contributed by atoms with Gasteiger partial charge in [0, 0.05) is 16.1 Å². The van der Waals surface area contributed by atoms with Gasteiger partial charge in [-0.15, -0.1) is 0 Å². The van der Waals surface area contributed by atoms with Crippen molar-refractivity contribution in [2.24, 2.45) is 0 Å². The lowest BCUT2D eigenvalue weighted by Crippen LogP contribution is -2.45. The second-order valence-electron chi connectivity index (χ2n) is 7.97. The zero-order chi connectivity index (χ0) is 24.7. The van der Waals surface area contributed by atoms with Crippen LogP contribution in [0.3, 0.4) is 0 Å². The van der Waals surface area contributed by atoms with Gasteiger partial charge in [0.25, 0.3) is 17.7 Å². The molecule has 1 fully saturated rings. The van der Waals surface area contributed by atoms with Gasteiger partial charge >= 0.3 is 0 Å². The Labute approximate surface area is 216 Å². The number of hydrogen-bond acceptors (Lipinski definition) is 5. The zero-order valence-electron chi connectivity index (χ0n) is 18.4. The summed E-state index contributed by atoms with van der Waals surface area (Å²) in [7, 11) is 0. The van der Waals surface area contributed by atoms with Crippen LogP contribution in [-0.2, 0) is 16.1 Å². The third kappa shape index (κ3) is 4.14. The number of rotatable bonds is 4. The molecule has 0 spiro atoms. The summed E-state index contributed by atoms with van der Waals surface area (Å²) in [5.74, 6) is -1.32. The van der Waals surface area contributed by atoms with Gasteiger partial charge in [-0.1, -0.05) is 78.0 Å². The number of thioether (sulfide) groups is 1. The molecule has 2 heterocycles. The van der Waals surface area contributed by atoms with Crippen molar-refractivity contribution in [2.45, 2.75) is 13.5 Å². The van der Waals surface area contributed by atoms with E-state index in [1.807, 2.05) is 55.5 Å². The molecule has 0 aliphatic carbocycles. The number of hydrazine groups is 1. The van der Waals surface area contributed by atoms with Crippen LogP contribution in [0.4, 0.5) is 5.69 Å². The molecule has 3 aromatic carbocycles. The van der Waals surface area contributed by atoms with Crippen LogP contribution < -0.4 is 10.3 Å². The highest BCUT2D eigenvalue weighted by atomic mass is 35.5. The fraction of sp³-hybridized carbons (Fsp3) is 0.0769. The minimum atomic E-state index is -0.542. The van der Waals surface area contributed by atoms with Gasteiger partial charge in [0.1, 0.15) is 0 Å². The fourth-order valence-corrected chi connectivity index (χ4v) is 5.50. The summed E-state index contributed by atoms with van der Waals surface area (Å²) in [6.45, 7) is 2.06. The van der Waals surface area contributed by atoms with E-state index in [2.05, 4.69) is 5.43 Å². The topological polar surface area (TPSA) is 69.7 Å². The van der Waals surface area contributed by atoms with Gasteiger partial charge in [-0.25, -0.2) is 0 Å². The van der Waals surface area contributed by atoms with Crippen LogP contribution in [0.25, 0.3) is 5.57 Å². The molecule has 0 unspecified atom stereocenters. The largest absolute Gasteiger partial charge is 0.303 e. The summed E-state index contributed by atoms with van der Waals surface area (Å²) in [6, 6.07) is 21.6. The molecule has 9 heteroatoms. The van der Waals surface area contributed by atoms with E-state index in [4.69, 9.17) is 23.8 Å². The molecular formula is C26H18ClN3O3S2. The minimum Gasteiger partial charge on any atom is -0.303 e. The molecular weight excluding hydrogens is 502 g/mol. The average molecular weight is 520 g/mol. The fourth-order valence-electron chi connectivity index (χ4n) is 4.06. The predicted molar refractivity (Wildman–Crippen MR) is 142 cm³/mol. The van der Waals surface area contributed by atoms with E-state index < -0.39 is 11.8 Å². The summed E-state index contributed by atoms with van der Waals surface area (Å²) in [4.78, 5) is 41.6. The minimum absolute atomic E-state index is 0.147.